The first-order valence-corrected chi connectivity index (χ1v) is 22.5. The average Bonchev–Trinajstić information content (AvgIpc) is 3.15. The van der Waals surface area contributed by atoms with Gasteiger partial charge in [0.15, 0.2) is 0 Å². The van der Waals surface area contributed by atoms with Gasteiger partial charge in [-0.25, -0.2) is 0 Å². The quantitative estimate of drug-likeness (QED) is 0.0373. The highest BCUT2D eigenvalue weighted by atomic mass is 16.3. The third kappa shape index (κ3) is 36.7. The number of hydrogen-bond acceptors (Lipinski definition) is 4. The third-order valence-electron chi connectivity index (χ3n) is 10.1. The zero-order valence-corrected chi connectivity index (χ0v) is 34.4. The van der Waals surface area contributed by atoms with Gasteiger partial charge < -0.3 is 20.6 Å². The molecule has 0 aliphatic rings. The van der Waals surface area contributed by atoms with Gasteiger partial charge in [0.2, 0.25) is 5.91 Å². The van der Waals surface area contributed by atoms with Crippen LogP contribution in [0.15, 0.2) is 48.6 Å². The number of hydrogen-bond donors (Lipinski definition) is 4. The Balaban J connectivity index is 3.76. The van der Waals surface area contributed by atoms with Gasteiger partial charge in [0.25, 0.3) is 0 Å². The van der Waals surface area contributed by atoms with Gasteiger partial charge in [-0.3, -0.25) is 4.79 Å². The molecule has 52 heavy (non-hydrogen) atoms. The molecule has 0 aliphatic carbocycles. The highest BCUT2D eigenvalue weighted by molar-refractivity contribution is 5.80. The second-order valence-corrected chi connectivity index (χ2v) is 15.2. The molecule has 0 heterocycles. The van der Waals surface area contributed by atoms with Crippen LogP contribution in [0.5, 0.6) is 0 Å². The predicted octanol–water partition coefficient (Wildman–Crippen LogP) is 12.9. The van der Waals surface area contributed by atoms with E-state index in [9.17, 15) is 20.1 Å². The van der Waals surface area contributed by atoms with Crippen LogP contribution in [0.4, 0.5) is 0 Å². The molecule has 0 bridgehead atoms. The summed E-state index contributed by atoms with van der Waals surface area (Å²) in [5.74, 6) is -0.523. The normalized spacial score (nSPS) is 14.0. The molecular weight excluding hydrogens is 643 g/mol. The number of aliphatic hydroxyl groups is 3. The van der Waals surface area contributed by atoms with E-state index >= 15 is 0 Å². The van der Waals surface area contributed by atoms with E-state index in [0.29, 0.717) is 6.42 Å². The summed E-state index contributed by atoms with van der Waals surface area (Å²) < 4.78 is 0. The fourth-order valence-electron chi connectivity index (χ4n) is 6.56. The zero-order chi connectivity index (χ0) is 38.0. The van der Waals surface area contributed by atoms with E-state index in [1.54, 1.807) is 6.08 Å². The van der Waals surface area contributed by atoms with Crippen LogP contribution in [0.3, 0.4) is 0 Å². The molecule has 0 aromatic heterocycles. The van der Waals surface area contributed by atoms with Gasteiger partial charge in [-0.15, -0.1) is 0 Å². The van der Waals surface area contributed by atoms with Crippen molar-refractivity contribution < 1.29 is 20.1 Å². The summed E-state index contributed by atoms with van der Waals surface area (Å²) in [6.07, 6.45) is 54.3. The molecule has 0 aromatic rings. The Kier molecular flexibility index (Phi) is 40.7. The Labute approximate surface area is 323 Å². The molecule has 4 N–H and O–H groups in total. The van der Waals surface area contributed by atoms with E-state index < -0.39 is 24.2 Å². The van der Waals surface area contributed by atoms with Crippen LogP contribution < -0.4 is 5.32 Å². The number of aliphatic hydroxyl groups excluding tert-OH is 3. The molecule has 0 aliphatic heterocycles. The number of carbonyl (C=O) groups is 1. The first-order valence-electron chi connectivity index (χ1n) is 22.5. The maximum absolute atomic E-state index is 12.5. The van der Waals surface area contributed by atoms with Crippen molar-refractivity contribution in [3.05, 3.63) is 48.6 Å². The van der Waals surface area contributed by atoms with Gasteiger partial charge in [0.1, 0.15) is 6.10 Å². The molecule has 0 aromatic carbocycles. The summed E-state index contributed by atoms with van der Waals surface area (Å²) in [6, 6.07) is -0.824. The van der Waals surface area contributed by atoms with Crippen LogP contribution in [0.2, 0.25) is 0 Å². The van der Waals surface area contributed by atoms with E-state index in [2.05, 4.69) is 55.6 Å². The summed E-state index contributed by atoms with van der Waals surface area (Å²) in [5.41, 5.74) is 0. The minimum atomic E-state index is -1.11. The zero-order valence-electron chi connectivity index (χ0n) is 34.4. The van der Waals surface area contributed by atoms with Gasteiger partial charge in [0, 0.05) is 0 Å². The predicted molar refractivity (Wildman–Crippen MR) is 227 cm³/mol. The lowest BCUT2D eigenvalue weighted by Crippen LogP contribution is -2.48. The molecule has 0 saturated heterocycles. The van der Waals surface area contributed by atoms with Crippen LogP contribution in [0.1, 0.15) is 219 Å². The number of carbonyl (C=O) groups excluding carboxylic acids is 1. The van der Waals surface area contributed by atoms with Crippen molar-refractivity contribution in [2.75, 3.05) is 6.61 Å². The lowest BCUT2D eigenvalue weighted by atomic mass is 10.0. The molecule has 3 unspecified atom stereocenters. The first kappa shape index (κ1) is 50.3. The SMILES string of the molecule is CCCCCCCC/C=C\CCCCCCCCC(O)C(=O)NC(CO)C(O)/C=C/CC/C=C/CC/C=C/CCCCCCCCCCCCCC. The smallest absolute Gasteiger partial charge is 0.249 e. The topological polar surface area (TPSA) is 89.8 Å². The van der Waals surface area contributed by atoms with Crippen molar-refractivity contribution in [2.45, 2.75) is 238 Å². The van der Waals surface area contributed by atoms with Gasteiger partial charge in [0.05, 0.1) is 18.8 Å². The third-order valence-corrected chi connectivity index (χ3v) is 10.1. The van der Waals surface area contributed by atoms with Crippen LogP contribution in [0, 0.1) is 0 Å². The summed E-state index contributed by atoms with van der Waals surface area (Å²) in [5, 5.41) is 33.1. The number of allylic oxidation sites excluding steroid dienone is 7. The van der Waals surface area contributed by atoms with Crippen LogP contribution in [-0.4, -0.2) is 46.1 Å². The molecule has 3 atom stereocenters. The number of unbranched alkanes of at least 4 members (excludes halogenated alkanes) is 26. The van der Waals surface area contributed by atoms with E-state index in [4.69, 9.17) is 0 Å². The van der Waals surface area contributed by atoms with Gasteiger partial charge in [-0.2, -0.15) is 0 Å². The maximum atomic E-state index is 12.5. The Morgan fingerprint density at radius 2 is 0.788 bits per heavy atom. The summed E-state index contributed by atoms with van der Waals surface area (Å²) in [4.78, 5) is 12.5. The largest absolute Gasteiger partial charge is 0.394 e. The molecule has 1 amide bonds. The number of amides is 1. The molecule has 0 spiro atoms. The van der Waals surface area contributed by atoms with Crippen LogP contribution in [0.25, 0.3) is 0 Å². The second-order valence-electron chi connectivity index (χ2n) is 15.2. The van der Waals surface area contributed by atoms with Gasteiger partial charge in [-0.1, -0.05) is 197 Å². The van der Waals surface area contributed by atoms with E-state index in [0.717, 1.165) is 51.4 Å². The lowest BCUT2D eigenvalue weighted by Gasteiger charge is -2.21. The first-order chi connectivity index (χ1) is 25.6. The molecular formula is C47H87NO4. The molecule has 5 heteroatoms. The highest BCUT2D eigenvalue weighted by Crippen LogP contribution is 2.14. The second kappa shape index (κ2) is 42.1. The molecule has 5 nitrogen and oxygen atoms in total. The summed E-state index contributed by atoms with van der Waals surface area (Å²) in [6.45, 7) is 4.16. The Bertz CT molecular complexity index is 850. The molecule has 0 rings (SSSR count). The average molecular weight is 730 g/mol. The Morgan fingerprint density at radius 3 is 1.17 bits per heavy atom. The summed E-state index contributed by atoms with van der Waals surface area (Å²) in [7, 11) is 0. The van der Waals surface area contributed by atoms with Crippen LogP contribution in [-0.2, 0) is 4.79 Å². The minimum absolute atomic E-state index is 0.384. The highest BCUT2D eigenvalue weighted by Gasteiger charge is 2.22. The van der Waals surface area contributed by atoms with Gasteiger partial charge in [-0.05, 0) is 70.6 Å². The van der Waals surface area contributed by atoms with Crippen molar-refractivity contribution in [1.29, 1.82) is 0 Å². The van der Waals surface area contributed by atoms with E-state index in [1.807, 2.05) is 6.08 Å². The Morgan fingerprint density at radius 1 is 0.462 bits per heavy atom. The van der Waals surface area contributed by atoms with Crippen molar-refractivity contribution in [3.63, 3.8) is 0 Å². The summed E-state index contributed by atoms with van der Waals surface area (Å²) >= 11 is 0. The van der Waals surface area contributed by atoms with Crippen molar-refractivity contribution in [1.82, 2.24) is 5.32 Å². The fraction of sp³-hybridized carbons (Fsp3) is 0.809. The monoisotopic (exact) mass is 730 g/mol. The molecule has 0 saturated carbocycles. The van der Waals surface area contributed by atoms with Crippen molar-refractivity contribution in [2.24, 2.45) is 0 Å². The maximum Gasteiger partial charge on any atom is 0.249 e. The standard InChI is InChI=1S/C47H87NO4/c1-3-5-7-9-11-13-15-17-19-21-22-23-24-25-26-28-29-31-33-35-37-39-41-45(50)44(43-49)48-47(52)46(51)42-40-38-36-34-32-30-27-20-18-16-14-12-10-8-6-4-2/h18,20,25-26,31,33,39,41,44-46,49-51H,3-17,19,21-24,27-30,32,34-38,40,42-43H2,1-2H3,(H,48,52)/b20-18-,26-25+,33-31+,41-39+. The number of nitrogens with one attached hydrogen (secondary N) is 1. The minimum Gasteiger partial charge on any atom is -0.394 e. The van der Waals surface area contributed by atoms with Crippen LogP contribution >= 0.6 is 0 Å². The molecule has 0 fully saturated rings. The Hall–Kier alpha value is -1.69. The van der Waals surface area contributed by atoms with Gasteiger partial charge >= 0.3 is 0 Å². The lowest BCUT2D eigenvalue weighted by molar-refractivity contribution is -0.131. The fourth-order valence-corrected chi connectivity index (χ4v) is 6.56. The van der Waals surface area contributed by atoms with Crippen molar-refractivity contribution >= 4 is 5.91 Å². The molecule has 304 valence electrons. The molecule has 0 radical (unpaired) electrons. The number of rotatable bonds is 40. The van der Waals surface area contributed by atoms with Crippen molar-refractivity contribution in [3.8, 4) is 0 Å². The van der Waals surface area contributed by atoms with E-state index in [-0.39, 0.29) is 6.61 Å². The van der Waals surface area contributed by atoms with E-state index in [1.165, 1.54) is 148 Å².